The maximum Gasteiger partial charge on any atom is 0.434 e. The van der Waals surface area contributed by atoms with Crippen molar-refractivity contribution >= 4 is 69.1 Å². The van der Waals surface area contributed by atoms with Gasteiger partial charge in [-0.1, -0.05) is 82.5 Å². The highest BCUT2D eigenvalue weighted by molar-refractivity contribution is 7.07. The van der Waals surface area contributed by atoms with Crippen LogP contribution in [0, 0.1) is 0 Å². The van der Waals surface area contributed by atoms with Gasteiger partial charge in [0.2, 0.25) is 0 Å². The van der Waals surface area contributed by atoms with Crippen molar-refractivity contribution in [1.82, 2.24) is 9.13 Å². The number of esters is 1. The number of benzene rings is 3. The molecular formula is C32H21Cl3F3N3O3S. The zero-order valence-electron chi connectivity index (χ0n) is 23.2. The molecule has 0 saturated heterocycles. The first kappa shape index (κ1) is 31.2. The summed E-state index contributed by atoms with van der Waals surface area (Å²) in [5, 5.41) is 2.15. The Morgan fingerprint density at radius 1 is 1.04 bits per heavy atom. The number of para-hydroxylation sites is 1. The average Bonchev–Trinajstić information content (AvgIpc) is 3.50. The zero-order chi connectivity index (χ0) is 32.0. The number of carbonyl (C=O) groups excluding carboxylic acids is 1. The number of rotatable bonds is 6. The molecule has 45 heavy (non-hydrogen) atoms. The smallest absolute Gasteiger partial charge is 0.434 e. The summed E-state index contributed by atoms with van der Waals surface area (Å²) in [7, 11) is 0. The summed E-state index contributed by atoms with van der Waals surface area (Å²) in [6.07, 6.45) is -1.54. The lowest BCUT2D eigenvalue weighted by Crippen LogP contribution is -2.41. The highest BCUT2D eigenvalue weighted by Crippen LogP contribution is 2.38. The van der Waals surface area contributed by atoms with Gasteiger partial charge in [0.15, 0.2) is 10.5 Å². The van der Waals surface area contributed by atoms with E-state index in [9.17, 15) is 22.8 Å². The van der Waals surface area contributed by atoms with Gasteiger partial charge in [-0.25, -0.2) is 9.79 Å². The van der Waals surface area contributed by atoms with Gasteiger partial charge in [0.05, 0.1) is 22.8 Å². The van der Waals surface area contributed by atoms with E-state index in [1.54, 1.807) is 18.2 Å². The molecule has 0 unspecified atom stereocenters. The number of hydrogen-bond acceptors (Lipinski definition) is 5. The normalized spacial score (nSPS) is 15.4. The Kier molecular flexibility index (Phi) is 8.43. The Bertz CT molecular complexity index is 2180. The molecule has 2 aromatic heterocycles. The number of hydrogen-bond donors (Lipinski definition) is 0. The minimum absolute atomic E-state index is 0.131. The molecule has 3 aromatic carbocycles. The summed E-state index contributed by atoms with van der Waals surface area (Å²) in [4.78, 5) is 30.7. The number of ether oxygens (including phenoxy) is 1. The molecule has 230 valence electrons. The molecule has 0 fully saturated rings. The lowest BCUT2D eigenvalue weighted by atomic mass is 9.95. The van der Waals surface area contributed by atoms with Crippen molar-refractivity contribution in [1.29, 1.82) is 0 Å². The quantitative estimate of drug-likeness (QED) is 0.176. The second-order valence-corrected chi connectivity index (χ2v) is 12.4. The summed E-state index contributed by atoms with van der Waals surface area (Å²) in [5.74, 6) is -1.22. The van der Waals surface area contributed by atoms with Crippen LogP contribution in [-0.4, -0.2) is 27.9 Å². The molecule has 0 aliphatic carbocycles. The van der Waals surface area contributed by atoms with Gasteiger partial charge in [0.1, 0.15) is 0 Å². The number of nitrogens with zero attached hydrogens (tertiary/aromatic N) is 3. The lowest BCUT2D eigenvalue weighted by Gasteiger charge is -2.26. The van der Waals surface area contributed by atoms with Crippen LogP contribution in [0.5, 0.6) is 0 Å². The first-order chi connectivity index (χ1) is 21.5. The number of aromatic nitrogens is 2. The molecule has 0 amide bonds. The zero-order valence-corrected chi connectivity index (χ0v) is 26.3. The molecule has 0 spiro atoms. The molecule has 0 saturated carbocycles. The number of thiazole rings is 1. The van der Waals surface area contributed by atoms with E-state index in [0.717, 1.165) is 32.4 Å². The first-order valence-electron chi connectivity index (χ1n) is 13.5. The van der Waals surface area contributed by atoms with Crippen molar-refractivity contribution < 1.29 is 22.7 Å². The topological polar surface area (TPSA) is 65.6 Å². The van der Waals surface area contributed by atoms with Gasteiger partial charge < -0.3 is 9.30 Å². The Morgan fingerprint density at radius 2 is 1.76 bits per heavy atom. The molecule has 1 aliphatic rings. The largest absolute Gasteiger partial charge is 0.463 e. The third-order valence-electron chi connectivity index (χ3n) is 7.24. The van der Waals surface area contributed by atoms with Gasteiger partial charge in [0, 0.05) is 44.3 Å². The molecule has 6 nitrogen and oxygen atoms in total. The second-order valence-electron chi connectivity index (χ2n) is 10.1. The number of halogens is 6. The van der Waals surface area contributed by atoms with E-state index in [-0.39, 0.29) is 21.5 Å². The van der Waals surface area contributed by atoms with Gasteiger partial charge >= 0.3 is 12.1 Å². The van der Waals surface area contributed by atoms with Crippen molar-refractivity contribution in [3.8, 4) is 0 Å². The SMILES string of the molecule is CCOC(=O)C1=C(C(F)(F)F)N=c2s/c(=C\c3cn(Cc4ccc(Cl)cc4Cl)c4ccccc34)c(=O)n2[C@@H]1c1ccc(Cl)cc1. The fourth-order valence-electron chi connectivity index (χ4n) is 5.30. The van der Waals surface area contributed by atoms with E-state index < -0.39 is 35.0 Å². The van der Waals surface area contributed by atoms with Crippen molar-refractivity contribution in [3.63, 3.8) is 0 Å². The predicted molar refractivity (Wildman–Crippen MR) is 170 cm³/mol. The molecule has 1 atom stereocenters. The molecule has 1 aliphatic heterocycles. The van der Waals surface area contributed by atoms with Crippen molar-refractivity contribution in [2.45, 2.75) is 25.7 Å². The van der Waals surface area contributed by atoms with E-state index in [2.05, 4.69) is 4.99 Å². The van der Waals surface area contributed by atoms with Gasteiger partial charge in [-0.15, -0.1) is 0 Å². The maximum absolute atomic E-state index is 14.4. The maximum atomic E-state index is 14.4. The van der Waals surface area contributed by atoms with Crippen LogP contribution in [0.25, 0.3) is 17.0 Å². The summed E-state index contributed by atoms with van der Waals surface area (Å²) in [6, 6.07) is 17.2. The summed E-state index contributed by atoms with van der Waals surface area (Å²) in [5.41, 5.74) is -0.230. The van der Waals surface area contributed by atoms with Gasteiger partial charge in [-0.2, -0.15) is 13.2 Å². The number of allylic oxidation sites excluding steroid dienone is 1. The number of alkyl halides is 3. The van der Waals surface area contributed by atoms with Crippen LogP contribution in [0.3, 0.4) is 0 Å². The Balaban J connectivity index is 1.56. The monoisotopic (exact) mass is 689 g/mol. The van der Waals surface area contributed by atoms with E-state index in [0.29, 0.717) is 27.2 Å². The number of fused-ring (bicyclic) bond motifs is 2. The van der Waals surface area contributed by atoms with Crippen molar-refractivity contribution in [2.24, 2.45) is 4.99 Å². The minimum Gasteiger partial charge on any atom is -0.463 e. The van der Waals surface area contributed by atoms with Crippen LogP contribution in [0.2, 0.25) is 15.1 Å². The molecular weight excluding hydrogens is 670 g/mol. The molecule has 0 radical (unpaired) electrons. The minimum atomic E-state index is -5.00. The van der Waals surface area contributed by atoms with Crippen LogP contribution < -0.4 is 14.9 Å². The summed E-state index contributed by atoms with van der Waals surface area (Å²) >= 11 is 19.4. The molecule has 13 heteroatoms. The van der Waals surface area contributed by atoms with E-state index in [1.165, 1.54) is 31.2 Å². The fourth-order valence-corrected chi connectivity index (χ4v) is 6.88. The third-order valence-corrected chi connectivity index (χ3v) is 9.06. The van der Waals surface area contributed by atoms with Gasteiger partial charge in [-0.05, 0) is 54.5 Å². The van der Waals surface area contributed by atoms with Crippen LogP contribution in [0.1, 0.15) is 29.7 Å². The van der Waals surface area contributed by atoms with Gasteiger partial charge in [0.25, 0.3) is 5.56 Å². The molecule has 5 aromatic rings. The van der Waals surface area contributed by atoms with Crippen LogP contribution in [0.4, 0.5) is 13.2 Å². The first-order valence-corrected chi connectivity index (χ1v) is 15.5. The molecule has 0 bridgehead atoms. The fraction of sp³-hybridized carbons (Fsp3) is 0.156. The van der Waals surface area contributed by atoms with Crippen molar-refractivity contribution in [3.05, 3.63) is 136 Å². The predicted octanol–water partition coefficient (Wildman–Crippen LogP) is 7.30. The molecule has 6 rings (SSSR count). The van der Waals surface area contributed by atoms with Crippen LogP contribution in [-0.2, 0) is 16.1 Å². The van der Waals surface area contributed by atoms with Crippen LogP contribution >= 0.6 is 46.1 Å². The van der Waals surface area contributed by atoms with Crippen molar-refractivity contribution in [2.75, 3.05) is 6.61 Å². The summed E-state index contributed by atoms with van der Waals surface area (Å²) < 4.78 is 51.5. The van der Waals surface area contributed by atoms with E-state index >= 15 is 0 Å². The molecule has 3 heterocycles. The lowest BCUT2D eigenvalue weighted by molar-refractivity contribution is -0.140. The Morgan fingerprint density at radius 3 is 2.44 bits per heavy atom. The average molecular weight is 691 g/mol. The van der Waals surface area contributed by atoms with E-state index in [4.69, 9.17) is 39.5 Å². The second kappa shape index (κ2) is 12.2. The van der Waals surface area contributed by atoms with E-state index in [1.807, 2.05) is 41.1 Å². The Labute approximate surface area is 272 Å². The van der Waals surface area contributed by atoms with Gasteiger partial charge in [-0.3, -0.25) is 9.36 Å². The highest BCUT2D eigenvalue weighted by atomic mass is 35.5. The Hall–Kier alpha value is -3.83. The standard InChI is InChI=1S/C32H21Cl3F3N3O3S/c1-2-44-30(43)26-27(17-7-10-20(33)11-8-17)41-29(42)25(45-31(41)39-28(26)32(36,37)38)13-19-16-40(24-6-4-3-5-22(19)24)15-18-9-12-21(34)14-23(18)35/h3-14,16,27H,2,15H2,1H3/b25-13-/t27-/m1/s1. The molecule has 0 N–H and O–H groups in total. The highest BCUT2D eigenvalue weighted by Gasteiger charge is 2.45. The third kappa shape index (κ3) is 5.95. The summed E-state index contributed by atoms with van der Waals surface area (Å²) in [6.45, 7) is 1.71. The number of carbonyl (C=O) groups is 1. The van der Waals surface area contributed by atoms with Crippen LogP contribution in [0.15, 0.2) is 94.0 Å².